The summed E-state index contributed by atoms with van der Waals surface area (Å²) in [5.74, 6) is 0.257. The van der Waals surface area contributed by atoms with Crippen molar-refractivity contribution in [2.75, 3.05) is 13.1 Å². The van der Waals surface area contributed by atoms with E-state index in [2.05, 4.69) is 11.2 Å². The average Bonchev–Trinajstić information content (AvgIpc) is 3.13. The fourth-order valence-corrected chi connectivity index (χ4v) is 3.69. The SMILES string of the molecule is Cc1c(-c2ccc(C(=O)N3CC=CCC3)s2)noc1C(C)(C)F. The van der Waals surface area contributed by atoms with Gasteiger partial charge in [0.2, 0.25) is 0 Å². The molecule has 0 saturated heterocycles. The summed E-state index contributed by atoms with van der Waals surface area (Å²) in [6.07, 6.45) is 4.98. The Morgan fingerprint density at radius 3 is 2.78 bits per heavy atom. The lowest BCUT2D eigenvalue weighted by atomic mass is 10.0. The minimum Gasteiger partial charge on any atom is -0.357 e. The van der Waals surface area contributed by atoms with Gasteiger partial charge in [0, 0.05) is 18.7 Å². The molecule has 0 spiro atoms. The van der Waals surface area contributed by atoms with Crippen LogP contribution in [0.1, 0.15) is 41.3 Å². The van der Waals surface area contributed by atoms with Gasteiger partial charge < -0.3 is 9.42 Å². The average molecular weight is 334 g/mol. The summed E-state index contributed by atoms with van der Waals surface area (Å²) >= 11 is 1.37. The van der Waals surface area contributed by atoms with Crippen molar-refractivity contribution in [1.29, 1.82) is 0 Å². The normalized spacial score (nSPS) is 15.2. The van der Waals surface area contributed by atoms with Crippen LogP contribution < -0.4 is 0 Å². The molecule has 0 bridgehead atoms. The minimum absolute atomic E-state index is 0.0257. The summed E-state index contributed by atoms with van der Waals surface area (Å²) < 4.78 is 19.3. The standard InChI is InChI=1S/C17H19FN2O2S/c1-11-14(19-22-15(11)17(2,3)18)12-7-8-13(23-12)16(21)20-9-5-4-6-10-20/h4-5,7-8H,6,9-10H2,1-3H3. The lowest BCUT2D eigenvalue weighted by molar-refractivity contribution is 0.0776. The number of amides is 1. The molecule has 0 aliphatic carbocycles. The summed E-state index contributed by atoms with van der Waals surface area (Å²) in [6.45, 7) is 6.06. The number of carbonyl (C=O) groups is 1. The Labute approximate surface area is 138 Å². The Morgan fingerprint density at radius 2 is 2.17 bits per heavy atom. The van der Waals surface area contributed by atoms with Crippen LogP contribution in [0.5, 0.6) is 0 Å². The maximum atomic E-state index is 14.1. The maximum Gasteiger partial charge on any atom is 0.264 e. The third-order valence-electron chi connectivity index (χ3n) is 3.86. The van der Waals surface area contributed by atoms with Crippen molar-refractivity contribution in [2.45, 2.75) is 32.9 Å². The van der Waals surface area contributed by atoms with Gasteiger partial charge in [-0.2, -0.15) is 0 Å². The highest BCUT2D eigenvalue weighted by Crippen LogP contribution is 2.36. The summed E-state index contributed by atoms with van der Waals surface area (Å²) in [6, 6.07) is 3.65. The van der Waals surface area contributed by atoms with E-state index in [0.29, 0.717) is 22.7 Å². The highest BCUT2D eigenvalue weighted by molar-refractivity contribution is 7.17. The molecule has 0 fully saturated rings. The molecule has 1 amide bonds. The third kappa shape index (κ3) is 3.08. The highest BCUT2D eigenvalue weighted by Gasteiger charge is 2.29. The number of hydrogen-bond donors (Lipinski definition) is 0. The molecule has 2 aromatic rings. The zero-order chi connectivity index (χ0) is 16.6. The van der Waals surface area contributed by atoms with E-state index in [-0.39, 0.29) is 11.7 Å². The van der Waals surface area contributed by atoms with Crippen LogP contribution in [0.3, 0.4) is 0 Å². The van der Waals surface area contributed by atoms with Crippen molar-refractivity contribution in [2.24, 2.45) is 0 Å². The van der Waals surface area contributed by atoms with Crippen molar-refractivity contribution in [3.8, 4) is 10.6 Å². The van der Waals surface area contributed by atoms with Crippen molar-refractivity contribution < 1.29 is 13.7 Å². The highest BCUT2D eigenvalue weighted by atomic mass is 32.1. The monoisotopic (exact) mass is 334 g/mol. The Morgan fingerprint density at radius 1 is 1.39 bits per heavy atom. The van der Waals surface area contributed by atoms with Crippen molar-refractivity contribution in [3.05, 3.63) is 40.5 Å². The first-order chi connectivity index (χ1) is 10.9. The predicted octanol–water partition coefficient (Wildman–Crippen LogP) is 4.32. The van der Waals surface area contributed by atoms with Gasteiger partial charge in [-0.05, 0) is 39.3 Å². The first-order valence-corrected chi connectivity index (χ1v) is 8.39. The van der Waals surface area contributed by atoms with Gasteiger partial charge in [-0.25, -0.2) is 4.39 Å². The van der Waals surface area contributed by atoms with Gasteiger partial charge in [0.15, 0.2) is 11.4 Å². The minimum atomic E-state index is -1.58. The van der Waals surface area contributed by atoms with Gasteiger partial charge in [-0.3, -0.25) is 4.79 Å². The number of nitrogens with zero attached hydrogens (tertiary/aromatic N) is 2. The van der Waals surface area contributed by atoms with Crippen LogP contribution in [0.2, 0.25) is 0 Å². The summed E-state index contributed by atoms with van der Waals surface area (Å²) in [5.41, 5.74) is -0.293. The van der Waals surface area contributed by atoms with Gasteiger partial charge in [-0.1, -0.05) is 17.3 Å². The van der Waals surface area contributed by atoms with Crippen LogP contribution in [-0.4, -0.2) is 29.1 Å². The number of alkyl halides is 1. The van der Waals surface area contributed by atoms with E-state index in [9.17, 15) is 9.18 Å². The van der Waals surface area contributed by atoms with Gasteiger partial charge in [0.05, 0.1) is 9.75 Å². The number of carbonyl (C=O) groups excluding carboxylic acids is 1. The fraction of sp³-hybridized carbons (Fsp3) is 0.412. The molecule has 23 heavy (non-hydrogen) atoms. The van der Waals surface area contributed by atoms with Crippen LogP contribution in [0.4, 0.5) is 4.39 Å². The van der Waals surface area contributed by atoms with E-state index in [1.165, 1.54) is 25.2 Å². The van der Waals surface area contributed by atoms with E-state index in [0.717, 1.165) is 17.8 Å². The number of halogens is 1. The molecular formula is C17H19FN2O2S. The second-order valence-corrected chi connectivity index (χ2v) is 7.22. The first kappa shape index (κ1) is 15.9. The maximum absolute atomic E-state index is 14.1. The summed E-state index contributed by atoms with van der Waals surface area (Å²) in [7, 11) is 0. The quantitative estimate of drug-likeness (QED) is 0.785. The molecule has 1 aliphatic heterocycles. The molecule has 6 heteroatoms. The van der Waals surface area contributed by atoms with E-state index in [4.69, 9.17) is 4.52 Å². The zero-order valence-electron chi connectivity index (χ0n) is 13.4. The summed E-state index contributed by atoms with van der Waals surface area (Å²) in [4.78, 5) is 15.8. The molecule has 0 atom stereocenters. The van der Waals surface area contributed by atoms with Crippen LogP contribution in [-0.2, 0) is 5.67 Å². The number of aromatic nitrogens is 1. The first-order valence-electron chi connectivity index (χ1n) is 7.58. The number of rotatable bonds is 3. The van der Waals surface area contributed by atoms with Gasteiger partial charge in [0.1, 0.15) is 5.69 Å². The molecule has 0 aromatic carbocycles. The van der Waals surface area contributed by atoms with E-state index in [1.54, 1.807) is 13.0 Å². The molecule has 0 N–H and O–H groups in total. The Kier molecular flexibility index (Phi) is 4.10. The van der Waals surface area contributed by atoms with E-state index >= 15 is 0 Å². The molecule has 3 rings (SSSR count). The van der Waals surface area contributed by atoms with Crippen molar-refractivity contribution in [3.63, 3.8) is 0 Å². The molecule has 3 heterocycles. The molecular weight excluding hydrogens is 315 g/mol. The molecule has 0 radical (unpaired) electrons. The molecule has 1 aliphatic rings. The smallest absolute Gasteiger partial charge is 0.264 e. The molecule has 4 nitrogen and oxygen atoms in total. The Hall–Kier alpha value is -1.95. The second kappa shape index (κ2) is 5.92. The lowest BCUT2D eigenvalue weighted by Gasteiger charge is -2.22. The van der Waals surface area contributed by atoms with Crippen molar-refractivity contribution in [1.82, 2.24) is 10.1 Å². The number of thiophene rings is 1. The zero-order valence-corrected chi connectivity index (χ0v) is 14.2. The van der Waals surface area contributed by atoms with Crippen LogP contribution in [0, 0.1) is 6.92 Å². The molecule has 2 aromatic heterocycles. The topological polar surface area (TPSA) is 46.3 Å². The fourth-order valence-electron chi connectivity index (χ4n) is 2.68. The van der Waals surface area contributed by atoms with Gasteiger partial charge in [0.25, 0.3) is 5.91 Å². The molecule has 0 unspecified atom stereocenters. The molecule has 122 valence electrons. The van der Waals surface area contributed by atoms with Crippen molar-refractivity contribution >= 4 is 17.2 Å². The molecule has 0 saturated carbocycles. The van der Waals surface area contributed by atoms with Crippen LogP contribution in [0.25, 0.3) is 10.6 Å². The second-order valence-electron chi connectivity index (χ2n) is 6.13. The third-order valence-corrected chi connectivity index (χ3v) is 4.94. The van der Waals surface area contributed by atoms with Gasteiger partial charge >= 0.3 is 0 Å². The van der Waals surface area contributed by atoms with Gasteiger partial charge in [-0.15, -0.1) is 11.3 Å². The summed E-state index contributed by atoms with van der Waals surface area (Å²) in [5, 5.41) is 4.00. The Balaban J connectivity index is 1.86. The Bertz CT molecular complexity index is 755. The number of hydrogen-bond acceptors (Lipinski definition) is 4. The van der Waals surface area contributed by atoms with Crippen LogP contribution in [0.15, 0.2) is 28.8 Å². The van der Waals surface area contributed by atoms with Crippen LogP contribution >= 0.6 is 11.3 Å². The van der Waals surface area contributed by atoms with E-state index in [1.807, 2.05) is 17.0 Å². The largest absolute Gasteiger partial charge is 0.357 e. The van der Waals surface area contributed by atoms with E-state index < -0.39 is 5.67 Å². The predicted molar refractivity (Wildman–Crippen MR) is 88.3 cm³/mol. The lowest BCUT2D eigenvalue weighted by Crippen LogP contribution is -2.33.